The normalized spacial score (nSPS) is 12.9. The van der Waals surface area contributed by atoms with Crippen molar-refractivity contribution >= 4 is 23.4 Å². The molecule has 2 heterocycles. The van der Waals surface area contributed by atoms with E-state index in [9.17, 15) is 4.79 Å². The molecule has 2 aromatic rings. The first-order valence-electron chi connectivity index (χ1n) is 7.42. The molecule has 6 nitrogen and oxygen atoms in total. The summed E-state index contributed by atoms with van der Waals surface area (Å²) in [6.07, 6.45) is 0. The van der Waals surface area contributed by atoms with Gasteiger partial charge in [0.2, 0.25) is 11.1 Å². The largest absolute Gasteiger partial charge is 0.353 e. The molecule has 1 amide bonds. The van der Waals surface area contributed by atoms with Gasteiger partial charge in [-0.25, -0.2) is 9.50 Å². The van der Waals surface area contributed by atoms with Gasteiger partial charge in [-0.2, -0.15) is 4.98 Å². The van der Waals surface area contributed by atoms with E-state index in [4.69, 9.17) is 0 Å². The van der Waals surface area contributed by atoms with E-state index in [0.717, 1.165) is 17.0 Å². The van der Waals surface area contributed by atoms with E-state index in [1.165, 1.54) is 11.8 Å². The number of fused-ring (bicyclic) bond motifs is 1. The van der Waals surface area contributed by atoms with Gasteiger partial charge in [-0.05, 0) is 39.2 Å². The van der Waals surface area contributed by atoms with Crippen LogP contribution in [0.4, 0.5) is 0 Å². The fourth-order valence-electron chi connectivity index (χ4n) is 1.89. The Bertz CT molecular complexity index is 695. The quantitative estimate of drug-likeness (QED) is 0.856. The number of carbonyl (C=O) groups is 1. The van der Waals surface area contributed by atoms with Crippen LogP contribution in [0.15, 0.2) is 5.16 Å². The molecule has 0 aliphatic carbocycles. The Labute approximate surface area is 135 Å². The molecule has 0 aliphatic heterocycles. The van der Waals surface area contributed by atoms with Gasteiger partial charge in [0.1, 0.15) is 0 Å². The minimum absolute atomic E-state index is 0.00194. The van der Waals surface area contributed by atoms with Crippen molar-refractivity contribution in [1.82, 2.24) is 24.9 Å². The van der Waals surface area contributed by atoms with E-state index in [1.807, 2.05) is 27.7 Å². The van der Waals surface area contributed by atoms with Gasteiger partial charge < -0.3 is 5.32 Å². The number of nitrogens with zero attached hydrogens (tertiary/aromatic N) is 4. The van der Waals surface area contributed by atoms with Crippen LogP contribution in [0.25, 0.3) is 5.78 Å². The van der Waals surface area contributed by atoms with Gasteiger partial charge in [-0.3, -0.25) is 4.79 Å². The third kappa shape index (κ3) is 3.58. The van der Waals surface area contributed by atoms with E-state index < -0.39 is 0 Å². The standard InChI is InChI=1S/C15H23N5OS/c1-8(2)10(4)16-13(21)7-22-15-18-14-17-11(5)9(3)12(6)20(14)19-15/h8,10H,7H2,1-6H3,(H,16,21)/t10-/m0/s1. The second kappa shape index (κ2) is 6.64. The van der Waals surface area contributed by atoms with Crippen LogP contribution in [-0.2, 0) is 4.79 Å². The number of aromatic nitrogens is 4. The van der Waals surface area contributed by atoms with Crippen molar-refractivity contribution in [3.05, 3.63) is 17.0 Å². The van der Waals surface area contributed by atoms with E-state index in [0.29, 0.717) is 22.6 Å². The number of carbonyl (C=O) groups excluding carboxylic acids is 1. The van der Waals surface area contributed by atoms with E-state index in [2.05, 4.69) is 34.2 Å². The summed E-state index contributed by atoms with van der Waals surface area (Å²) in [6, 6.07) is 0.163. The summed E-state index contributed by atoms with van der Waals surface area (Å²) in [5.41, 5.74) is 3.09. The topological polar surface area (TPSA) is 72.2 Å². The lowest BCUT2D eigenvalue weighted by molar-refractivity contribution is -0.119. The van der Waals surface area contributed by atoms with Crippen LogP contribution in [-0.4, -0.2) is 37.3 Å². The highest BCUT2D eigenvalue weighted by Gasteiger charge is 2.14. The maximum absolute atomic E-state index is 11.9. The molecule has 22 heavy (non-hydrogen) atoms. The molecule has 0 spiro atoms. The molecule has 1 atom stereocenters. The Morgan fingerprint density at radius 1 is 1.23 bits per heavy atom. The lowest BCUT2D eigenvalue weighted by Gasteiger charge is -2.16. The smallest absolute Gasteiger partial charge is 0.253 e. The second-order valence-electron chi connectivity index (χ2n) is 5.90. The lowest BCUT2D eigenvalue weighted by Crippen LogP contribution is -2.37. The molecule has 0 saturated carbocycles. The van der Waals surface area contributed by atoms with Crippen LogP contribution in [0, 0.1) is 26.7 Å². The Balaban J connectivity index is 2.07. The Morgan fingerprint density at radius 3 is 2.55 bits per heavy atom. The first-order valence-corrected chi connectivity index (χ1v) is 8.41. The first kappa shape index (κ1) is 16.7. The van der Waals surface area contributed by atoms with Gasteiger partial charge in [0, 0.05) is 17.4 Å². The zero-order chi connectivity index (χ0) is 16.4. The summed E-state index contributed by atoms with van der Waals surface area (Å²) in [6.45, 7) is 12.2. The molecule has 7 heteroatoms. The fourth-order valence-corrected chi connectivity index (χ4v) is 2.52. The molecule has 1 N–H and O–H groups in total. The van der Waals surface area contributed by atoms with Crippen LogP contribution in [0.3, 0.4) is 0 Å². The summed E-state index contributed by atoms with van der Waals surface area (Å²) < 4.78 is 1.74. The maximum atomic E-state index is 11.9. The highest BCUT2D eigenvalue weighted by atomic mass is 32.2. The van der Waals surface area contributed by atoms with Crippen LogP contribution in [0.1, 0.15) is 37.7 Å². The molecule has 2 aromatic heterocycles. The second-order valence-corrected chi connectivity index (χ2v) is 6.85. The molecular weight excluding hydrogens is 298 g/mol. The van der Waals surface area contributed by atoms with Crippen molar-refractivity contribution in [3.63, 3.8) is 0 Å². The van der Waals surface area contributed by atoms with Crippen molar-refractivity contribution in [2.45, 2.75) is 52.7 Å². The summed E-state index contributed by atoms with van der Waals surface area (Å²) in [4.78, 5) is 20.7. The molecule has 0 fully saturated rings. The number of aryl methyl sites for hydroxylation is 2. The predicted octanol–water partition coefficient (Wildman–Crippen LogP) is 2.30. The molecule has 120 valence electrons. The average molecular weight is 321 g/mol. The Morgan fingerprint density at radius 2 is 1.91 bits per heavy atom. The molecule has 0 saturated heterocycles. The van der Waals surface area contributed by atoms with Crippen molar-refractivity contribution in [1.29, 1.82) is 0 Å². The van der Waals surface area contributed by atoms with E-state index in [-0.39, 0.29) is 11.9 Å². The monoisotopic (exact) mass is 321 g/mol. The van der Waals surface area contributed by atoms with Crippen LogP contribution in [0.5, 0.6) is 0 Å². The average Bonchev–Trinajstić information content (AvgIpc) is 2.85. The summed E-state index contributed by atoms with van der Waals surface area (Å²) in [5.74, 6) is 1.31. The summed E-state index contributed by atoms with van der Waals surface area (Å²) in [5, 5.41) is 7.98. The van der Waals surface area contributed by atoms with Crippen LogP contribution < -0.4 is 5.32 Å². The van der Waals surface area contributed by atoms with Gasteiger partial charge >= 0.3 is 0 Å². The van der Waals surface area contributed by atoms with E-state index in [1.54, 1.807) is 4.52 Å². The minimum Gasteiger partial charge on any atom is -0.353 e. The third-order valence-corrected chi connectivity index (χ3v) is 4.80. The van der Waals surface area contributed by atoms with Crippen molar-refractivity contribution in [3.8, 4) is 0 Å². The Kier molecular flexibility index (Phi) is 5.05. The fraction of sp³-hybridized carbons (Fsp3) is 0.600. The van der Waals surface area contributed by atoms with Gasteiger partial charge in [-0.15, -0.1) is 5.10 Å². The number of thioether (sulfide) groups is 1. The Hall–Kier alpha value is -1.63. The van der Waals surface area contributed by atoms with Crippen molar-refractivity contribution in [2.75, 3.05) is 5.75 Å². The lowest BCUT2D eigenvalue weighted by atomic mass is 10.1. The number of rotatable bonds is 5. The van der Waals surface area contributed by atoms with Gasteiger partial charge in [0.25, 0.3) is 5.78 Å². The first-order chi connectivity index (χ1) is 10.3. The molecule has 0 radical (unpaired) electrons. The SMILES string of the molecule is Cc1nc2nc(SCC(=O)N[C@@H](C)C(C)C)nn2c(C)c1C. The van der Waals surface area contributed by atoms with Gasteiger partial charge in [0.15, 0.2) is 0 Å². The molecule has 0 bridgehead atoms. The maximum Gasteiger partial charge on any atom is 0.253 e. The van der Waals surface area contributed by atoms with Crippen LogP contribution >= 0.6 is 11.8 Å². The number of amides is 1. The van der Waals surface area contributed by atoms with Crippen molar-refractivity contribution in [2.24, 2.45) is 5.92 Å². The molecular formula is C15H23N5OS. The molecule has 0 aliphatic rings. The summed E-state index contributed by atoms with van der Waals surface area (Å²) in [7, 11) is 0. The van der Waals surface area contributed by atoms with Crippen molar-refractivity contribution < 1.29 is 4.79 Å². The zero-order valence-corrected chi connectivity index (χ0v) is 14.8. The highest BCUT2D eigenvalue weighted by Crippen LogP contribution is 2.17. The van der Waals surface area contributed by atoms with Crippen LogP contribution in [0.2, 0.25) is 0 Å². The molecule has 0 aromatic carbocycles. The minimum atomic E-state index is 0.00194. The third-order valence-electron chi connectivity index (χ3n) is 3.96. The predicted molar refractivity (Wildman–Crippen MR) is 88.2 cm³/mol. The highest BCUT2D eigenvalue weighted by molar-refractivity contribution is 7.99. The van der Waals surface area contributed by atoms with Gasteiger partial charge in [-0.1, -0.05) is 25.6 Å². The van der Waals surface area contributed by atoms with E-state index >= 15 is 0 Å². The number of hydrogen-bond acceptors (Lipinski definition) is 5. The van der Waals surface area contributed by atoms with Gasteiger partial charge in [0.05, 0.1) is 5.75 Å². The number of nitrogens with one attached hydrogen (secondary N) is 1. The number of hydrogen-bond donors (Lipinski definition) is 1. The molecule has 2 rings (SSSR count). The molecule has 0 unspecified atom stereocenters. The zero-order valence-electron chi connectivity index (χ0n) is 14.0. The summed E-state index contributed by atoms with van der Waals surface area (Å²) >= 11 is 1.33.